The van der Waals surface area contributed by atoms with Crippen LogP contribution in [-0.4, -0.2) is 65.4 Å². The molecule has 1 unspecified atom stereocenters. The van der Waals surface area contributed by atoms with Gasteiger partial charge in [-0.25, -0.2) is 0 Å². The van der Waals surface area contributed by atoms with E-state index in [2.05, 4.69) is 17.3 Å². The van der Waals surface area contributed by atoms with Crippen molar-refractivity contribution in [2.45, 2.75) is 19.3 Å². The molecule has 0 aliphatic carbocycles. The van der Waals surface area contributed by atoms with Crippen molar-refractivity contribution in [2.24, 2.45) is 11.7 Å². The number of hydrogen-bond donors (Lipinski definition) is 2. The molecule has 1 amide bonds. The number of halogens is 2. The zero-order valence-electron chi connectivity index (χ0n) is 20.8. The normalized spacial score (nSPS) is 15.3. The number of piperidine rings is 1. The van der Waals surface area contributed by atoms with E-state index in [0.717, 1.165) is 37.9 Å². The standard InChI is InChI=1S/C25H35N3O5.2ClH/c1-28-13-5-6-18(16-28)15-27-25(29)20-14-21(23(31-3)24(32-4)22(20)30-2)33-19-9-7-17(8-10-19)11-12-26;;/h7-10,14,18H,5-6,11-13,15-16,26H2,1-4H3,(H,27,29);2*1H. The summed E-state index contributed by atoms with van der Waals surface area (Å²) in [6, 6.07) is 9.28. The second-order valence-corrected chi connectivity index (χ2v) is 8.29. The van der Waals surface area contributed by atoms with Crippen molar-refractivity contribution in [2.75, 3.05) is 54.6 Å². The topological polar surface area (TPSA) is 95.3 Å². The van der Waals surface area contributed by atoms with Crippen LogP contribution in [0.1, 0.15) is 28.8 Å². The fourth-order valence-corrected chi connectivity index (χ4v) is 4.22. The number of benzene rings is 2. The van der Waals surface area contributed by atoms with Crippen molar-refractivity contribution in [3.63, 3.8) is 0 Å². The maximum atomic E-state index is 13.2. The zero-order valence-corrected chi connectivity index (χ0v) is 22.4. The first-order chi connectivity index (χ1) is 16.0. The first-order valence-corrected chi connectivity index (χ1v) is 11.3. The molecule has 196 valence electrons. The summed E-state index contributed by atoms with van der Waals surface area (Å²) in [4.78, 5) is 15.5. The summed E-state index contributed by atoms with van der Waals surface area (Å²) in [7, 11) is 6.64. The molecule has 0 bridgehead atoms. The Hall–Kier alpha value is -2.39. The molecule has 10 heteroatoms. The summed E-state index contributed by atoms with van der Waals surface area (Å²) in [5.74, 6) is 2.11. The van der Waals surface area contributed by atoms with Gasteiger partial charge in [0.1, 0.15) is 5.75 Å². The second kappa shape index (κ2) is 14.9. The lowest BCUT2D eigenvalue weighted by Crippen LogP contribution is -2.39. The van der Waals surface area contributed by atoms with Gasteiger partial charge in [-0.2, -0.15) is 0 Å². The number of nitrogens with zero attached hydrogens (tertiary/aromatic N) is 1. The van der Waals surface area contributed by atoms with Gasteiger partial charge in [0.05, 0.1) is 26.9 Å². The molecule has 3 rings (SSSR count). The molecule has 1 aliphatic heterocycles. The van der Waals surface area contributed by atoms with Crippen LogP contribution in [0.5, 0.6) is 28.7 Å². The summed E-state index contributed by atoms with van der Waals surface area (Å²) >= 11 is 0. The Kier molecular flexibility index (Phi) is 13.0. The lowest BCUT2D eigenvalue weighted by molar-refractivity contribution is 0.0932. The van der Waals surface area contributed by atoms with E-state index in [9.17, 15) is 4.79 Å². The number of ether oxygens (including phenoxy) is 4. The number of methoxy groups -OCH3 is 3. The Morgan fingerprint density at radius 1 is 1.06 bits per heavy atom. The van der Waals surface area contributed by atoms with Gasteiger partial charge >= 0.3 is 0 Å². The van der Waals surface area contributed by atoms with Gasteiger partial charge in [-0.3, -0.25) is 4.79 Å². The number of carbonyl (C=O) groups excluding carboxylic acids is 1. The van der Waals surface area contributed by atoms with E-state index in [4.69, 9.17) is 24.7 Å². The highest BCUT2D eigenvalue weighted by molar-refractivity contribution is 5.99. The molecule has 35 heavy (non-hydrogen) atoms. The van der Waals surface area contributed by atoms with E-state index in [-0.39, 0.29) is 30.7 Å². The van der Waals surface area contributed by atoms with Crippen LogP contribution < -0.4 is 30.0 Å². The van der Waals surface area contributed by atoms with Gasteiger partial charge < -0.3 is 34.9 Å². The largest absolute Gasteiger partial charge is 0.492 e. The number of likely N-dealkylation sites (tertiary alicyclic amines) is 1. The molecule has 1 atom stereocenters. The first kappa shape index (κ1) is 30.6. The maximum absolute atomic E-state index is 13.2. The van der Waals surface area contributed by atoms with E-state index in [1.54, 1.807) is 6.07 Å². The molecule has 1 heterocycles. The van der Waals surface area contributed by atoms with Crippen molar-refractivity contribution >= 4 is 30.7 Å². The monoisotopic (exact) mass is 529 g/mol. The number of amides is 1. The van der Waals surface area contributed by atoms with Crippen molar-refractivity contribution in [1.82, 2.24) is 10.2 Å². The number of carbonyl (C=O) groups is 1. The molecule has 0 aromatic heterocycles. The van der Waals surface area contributed by atoms with E-state index in [1.165, 1.54) is 21.3 Å². The quantitative estimate of drug-likeness (QED) is 0.481. The van der Waals surface area contributed by atoms with Gasteiger partial charge in [0.2, 0.25) is 11.5 Å². The highest BCUT2D eigenvalue weighted by atomic mass is 35.5. The Balaban J connectivity index is 0.00000306. The second-order valence-electron chi connectivity index (χ2n) is 8.29. The van der Waals surface area contributed by atoms with Crippen LogP contribution in [0.3, 0.4) is 0 Å². The summed E-state index contributed by atoms with van der Waals surface area (Å²) in [5.41, 5.74) is 7.08. The van der Waals surface area contributed by atoms with Crippen LogP contribution in [0.4, 0.5) is 0 Å². The Morgan fingerprint density at radius 2 is 1.71 bits per heavy atom. The highest BCUT2D eigenvalue weighted by Gasteiger charge is 2.27. The summed E-state index contributed by atoms with van der Waals surface area (Å²) in [6.07, 6.45) is 3.03. The summed E-state index contributed by atoms with van der Waals surface area (Å²) < 4.78 is 22.8. The molecule has 3 N–H and O–H groups in total. The number of nitrogens with one attached hydrogen (secondary N) is 1. The van der Waals surface area contributed by atoms with Gasteiger partial charge in [-0.05, 0) is 63.0 Å². The lowest BCUT2D eigenvalue weighted by Gasteiger charge is -2.29. The fraction of sp³-hybridized carbons (Fsp3) is 0.480. The van der Waals surface area contributed by atoms with Crippen LogP contribution in [0.15, 0.2) is 30.3 Å². The molecule has 0 saturated carbocycles. The molecular weight excluding hydrogens is 493 g/mol. The third kappa shape index (κ3) is 7.80. The minimum Gasteiger partial charge on any atom is -0.492 e. The van der Waals surface area contributed by atoms with E-state index in [1.807, 2.05) is 24.3 Å². The molecule has 0 radical (unpaired) electrons. The van der Waals surface area contributed by atoms with Gasteiger partial charge in [0, 0.05) is 19.2 Å². The highest BCUT2D eigenvalue weighted by Crippen LogP contribution is 2.48. The molecular formula is C25H37Cl2N3O5. The molecule has 1 saturated heterocycles. The molecule has 1 aliphatic rings. The third-order valence-electron chi connectivity index (χ3n) is 5.87. The fourth-order valence-electron chi connectivity index (χ4n) is 4.22. The van der Waals surface area contributed by atoms with Crippen molar-refractivity contribution in [3.05, 3.63) is 41.5 Å². The smallest absolute Gasteiger partial charge is 0.255 e. The zero-order chi connectivity index (χ0) is 23.8. The lowest BCUT2D eigenvalue weighted by atomic mass is 9.98. The third-order valence-corrected chi connectivity index (χ3v) is 5.87. The predicted octanol–water partition coefficient (Wildman–Crippen LogP) is 3.92. The Labute approximate surface area is 220 Å². The molecule has 2 aromatic rings. The van der Waals surface area contributed by atoms with E-state index >= 15 is 0 Å². The van der Waals surface area contributed by atoms with Crippen LogP contribution in [-0.2, 0) is 6.42 Å². The molecule has 1 fully saturated rings. The van der Waals surface area contributed by atoms with Gasteiger partial charge in [-0.1, -0.05) is 12.1 Å². The van der Waals surface area contributed by atoms with E-state index in [0.29, 0.717) is 53.3 Å². The van der Waals surface area contributed by atoms with E-state index < -0.39 is 0 Å². The summed E-state index contributed by atoms with van der Waals surface area (Å²) in [5, 5.41) is 3.06. The number of hydrogen-bond acceptors (Lipinski definition) is 7. The maximum Gasteiger partial charge on any atom is 0.255 e. The van der Waals surface area contributed by atoms with Gasteiger partial charge in [0.15, 0.2) is 11.5 Å². The Morgan fingerprint density at radius 3 is 2.29 bits per heavy atom. The number of rotatable bonds is 10. The Bertz CT molecular complexity index is 944. The molecule has 0 spiro atoms. The van der Waals surface area contributed by atoms with Crippen LogP contribution in [0, 0.1) is 5.92 Å². The molecule has 2 aromatic carbocycles. The van der Waals surface area contributed by atoms with Crippen LogP contribution in [0.25, 0.3) is 0 Å². The first-order valence-electron chi connectivity index (χ1n) is 11.3. The van der Waals surface area contributed by atoms with Crippen LogP contribution in [0.2, 0.25) is 0 Å². The number of nitrogens with two attached hydrogens (primary N) is 1. The van der Waals surface area contributed by atoms with Gasteiger partial charge in [0.25, 0.3) is 5.91 Å². The van der Waals surface area contributed by atoms with Crippen molar-refractivity contribution in [1.29, 1.82) is 0 Å². The van der Waals surface area contributed by atoms with Crippen molar-refractivity contribution < 1.29 is 23.7 Å². The average molecular weight is 530 g/mol. The minimum atomic E-state index is -0.246. The predicted molar refractivity (Wildman–Crippen MR) is 142 cm³/mol. The minimum absolute atomic E-state index is 0. The average Bonchev–Trinajstić information content (AvgIpc) is 2.83. The summed E-state index contributed by atoms with van der Waals surface area (Å²) in [6.45, 7) is 3.25. The van der Waals surface area contributed by atoms with Crippen LogP contribution >= 0.6 is 24.8 Å². The SMILES string of the molecule is COc1c(Oc2ccc(CCN)cc2)cc(C(=O)NCC2CCCN(C)C2)c(OC)c1OC.Cl.Cl. The van der Waals surface area contributed by atoms with Crippen molar-refractivity contribution in [3.8, 4) is 28.7 Å². The molecule has 8 nitrogen and oxygen atoms in total. The van der Waals surface area contributed by atoms with Gasteiger partial charge in [-0.15, -0.1) is 24.8 Å².